The second kappa shape index (κ2) is 3.62. The van der Waals surface area contributed by atoms with Crippen molar-refractivity contribution < 1.29 is 9.18 Å². The third kappa shape index (κ3) is 1.68. The van der Waals surface area contributed by atoms with Crippen LogP contribution in [0.2, 0.25) is 0 Å². The minimum absolute atomic E-state index is 0.110. The maximum absolute atomic E-state index is 12.1. The Morgan fingerprint density at radius 1 is 1.54 bits per heavy atom. The maximum atomic E-state index is 12.1. The maximum Gasteiger partial charge on any atom is 0.227 e. The number of carbonyl (C=O) groups excluding carboxylic acids is 1. The fraction of sp³-hybridized carbons (Fsp3) is 0.889. The van der Waals surface area contributed by atoms with Crippen LogP contribution in [0.15, 0.2) is 0 Å². The summed E-state index contributed by atoms with van der Waals surface area (Å²) in [6, 6.07) is 0. The molecule has 2 fully saturated rings. The summed E-state index contributed by atoms with van der Waals surface area (Å²) in [6.45, 7) is 2.72. The topological polar surface area (TPSA) is 32.3 Å². The van der Waals surface area contributed by atoms with E-state index in [-0.39, 0.29) is 24.4 Å². The van der Waals surface area contributed by atoms with Crippen molar-refractivity contribution in [2.45, 2.75) is 6.42 Å². The number of amides is 1. The van der Waals surface area contributed by atoms with Crippen molar-refractivity contribution in [3.05, 3.63) is 0 Å². The first-order chi connectivity index (χ1) is 6.31. The van der Waals surface area contributed by atoms with Gasteiger partial charge in [0.15, 0.2) is 0 Å². The van der Waals surface area contributed by atoms with Gasteiger partial charge >= 0.3 is 0 Å². The van der Waals surface area contributed by atoms with Crippen molar-refractivity contribution in [1.82, 2.24) is 10.2 Å². The molecule has 1 unspecified atom stereocenters. The molecule has 2 aliphatic heterocycles. The van der Waals surface area contributed by atoms with Gasteiger partial charge in [0.05, 0.1) is 12.6 Å². The molecule has 1 amide bonds. The standard InChI is InChI=1S/C9H15FN2O/c10-3-7-5-12(6-7)9(13)8-1-2-11-4-8/h7-8,11H,1-6H2. The Hall–Kier alpha value is -0.640. The number of likely N-dealkylation sites (tertiary alicyclic amines) is 1. The lowest BCUT2D eigenvalue weighted by Gasteiger charge is -2.39. The second-order valence-corrected chi connectivity index (χ2v) is 3.95. The zero-order chi connectivity index (χ0) is 9.26. The highest BCUT2D eigenvalue weighted by molar-refractivity contribution is 5.80. The number of nitrogens with zero attached hydrogens (tertiary/aromatic N) is 1. The van der Waals surface area contributed by atoms with Gasteiger partial charge in [-0.25, -0.2) is 0 Å². The Labute approximate surface area is 77.3 Å². The highest BCUT2D eigenvalue weighted by Gasteiger charge is 2.35. The lowest BCUT2D eigenvalue weighted by molar-refractivity contribution is -0.141. The summed E-state index contributed by atoms with van der Waals surface area (Å²) >= 11 is 0. The number of hydrogen-bond donors (Lipinski definition) is 1. The number of nitrogens with one attached hydrogen (secondary N) is 1. The molecule has 0 aromatic rings. The van der Waals surface area contributed by atoms with Crippen LogP contribution in [0, 0.1) is 11.8 Å². The Morgan fingerprint density at radius 3 is 2.85 bits per heavy atom. The highest BCUT2D eigenvalue weighted by Crippen LogP contribution is 2.20. The van der Waals surface area contributed by atoms with Crippen molar-refractivity contribution in [2.75, 3.05) is 32.9 Å². The summed E-state index contributed by atoms with van der Waals surface area (Å²) in [5.41, 5.74) is 0. The number of carbonyl (C=O) groups is 1. The van der Waals surface area contributed by atoms with E-state index in [1.54, 1.807) is 4.90 Å². The van der Waals surface area contributed by atoms with Gasteiger partial charge in [0.1, 0.15) is 0 Å². The Bertz CT molecular complexity index is 198. The van der Waals surface area contributed by atoms with Crippen LogP contribution in [0.25, 0.3) is 0 Å². The van der Waals surface area contributed by atoms with Gasteiger partial charge in [-0.15, -0.1) is 0 Å². The van der Waals surface area contributed by atoms with Crippen LogP contribution >= 0.6 is 0 Å². The van der Waals surface area contributed by atoms with Gasteiger partial charge in [-0.2, -0.15) is 0 Å². The van der Waals surface area contributed by atoms with Gasteiger partial charge in [-0.3, -0.25) is 9.18 Å². The quantitative estimate of drug-likeness (QED) is 0.659. The molecule has 74 valence electrons. The van der Waals surface area contributed by atoms with E-state index in [0.29, 0.717) is 13.1 Å². The molecule has 0 radical (unpaired) electrons. The van der Waals surface area contributed by atoms with Crippen molar-refractivity contribution in [3.8, 4) is 0 Å². The van der Waals surface area contributed by atoms with Gasteiger partial charge in [0.2, 0.25) is 5.91 Å². The number of alkyl halides is 1. The van der Waals surface area contributed by atoms with E-state index >= 15 is 0 Å². The van der Waals surface area contributed by atoms with E-state index in [4.69, 9.17) is 0 Å². The molecule has 0 aliphatic carbocycles. The smallest absolute Gasteiger partial charge is 0.227 e. The molecular formula is C9H15FN2O. The minimum atomic E-state index is -0.285. The van der Waals surface area contributed by atoms with Crippen molar-refractivity contribution in [3.63, 3.8) is 0 Å². The fourth-order valence-electron chi connectivity index (χ4n) is 1.97. The van der Waals surface area contributed by atoms with Crippen LogP contribution < -0.4 is 5.32 Å². The Morgan fingerprint density at radius 2 is 2.31 bits per heavy atom. The predicted octanol–water partition coefficient (Wildman–Crippen LogP) is 0.0238. The molecule has 2 saturated heterocycles. The molecular weight excluding hydrogens is 171 g/mol. The molecule has 3 nitrogen and oxygen atoms in total. The zero-order valence-corrected chi connectivity index (χ0v) is 7.63. The average molecular weight is 186 g/mol. The molecule has 0 aromatic carbocycles. The van der Waals surface area contributed by atoms with Crippen molar-refractivity contribution in [1.29, 1.82) is 0 Å². The van der Waals surface area contributed by atoms with Gasteiger partial charge in [0.25, 0.3) is 0 Å². The minimum Gasteiger partial charge on any atom is -0.342 e. The first-order valence-electron chi connectivity index (χ1n) is 4.86. The van der Waals surface area contributed by atoms with Crippen LogP contribution in [0.3, 0.4) is 0 Å². The monoisotopic (exact) mass is 186 g/mol. The van der Waals surface area contributed by atoms with Crippen molar-refractivity contribution in [2.24, 2.45) is 11.8 Å². The van der Waals surface area contributed by atoms with E-state index < -0.39 is 0 Å². The van der Waals surface area contributed by atoms with Gasteiger partial charge < -0.3 is 10.2 Å². The van der Waals surface area contributed by atoms with Gasteiger partial charge in [-0.1, -0.05) is 0 Å². The molecule has 0 saturated carbocycles. The molecule has 2 heterocycles. The highest BCUT2D eigenvalue weighted by atomic mass is 19.1. The van der Waals surface area contributed by atoms with Crippen LogP contribution in [0.4, 0.5) is 4.39 Å². The van der Waals surface area contributed by atoms with E-state index in [1.807, 2.05) is 0 Å². The number of halogens is 1. The molecule has 13 heavy (non-hydrogen) atoms. The lowest BCUT2D eigenvalue weighted by atomic mass is 9.98. The molecule has 4 heteroatoms. The summed E-state index contributed by atoms with van der Waals surface area (Å²) < 4.78 is 12.1. The van der Waals surface area contributed by atoms with E-state index in [9.17, 15) is 9.18 Å². The Kier molecular flexibility index (Phi) is 2.49. The molecule has 1 N–H and O–H groups in total. The zero-order valence-electron chi connectivity index (χ0n) is 7.63. The SMILES string of the molecule is O=C(C1CCNC1)N1CC(CF)C1. The average Bonchev–Trinajstić information content (AvgIpc) is 2.53. The van der Waals surface area contributed by atoms with E-state index in [1.165, 1.54) is 0 Å². The summed E-state index contributed by atoms with van der Waals surface area (Å²) in [4.78, 5) is 13.4. The van der Waals surface area contributed by atoms with Crippen LogP contribution in [-0.2, 0) is 4.79 Å². The third-order valence-corrected chi connectivity index (χ3v) is 2.90. The molecule has 2 rings (SSSR count). The molecule has 0 aromatic heterocycles. The van der Waals surface area contributed by atoms with Crippen LogP contribution in [0.5, 0.6) is 0 Å². The molecule has 1 atom stereocenters. The first-order valence-corrected chi connectivity index (χ1v) is 4.86. The largest absolute Gasteiger partial charge is 0.342 e. The van der Waals surface area contributed by atoms with E-state index in [2.05, 4.69) is 5.32 Å². The molecule has 0 bridgehead atoms. The van der Waals surface area contributed by atoms with Crippen LogP contribution in [-0.4, -0.2) is 43.7 Å². The predicted molar refractivity (Wildman–Crippen MR) is 47.0 cm³/mol. The summed E-state index contributed by atoms with van der Waals surface area (Å²) in [5, 5.41) is 3.16. The molecule has 2 aliphatic rings. The third-order valence-electron chi connectivity index (χ3n) is 2.90. The normalized spacial score (nSPS) is 29.0. The summed E-state index contributed by atoms with van der Waals surface area (Å²) in [5.74, 6) is 0.480. The second-order valence-electron chi connectivity index (χ2n) is 3.95. The summed E-state index contributed by atoms with van der Waals surface area (Å²) in [6.07, 6.45) is 0.940. The van der Waals surface area contributed by atoms with E-state index in [0.717, 1.165) is 19.5 Å². The number of rotatable bonds is 2. The summed E-state index contributed by atoms with van der Waals surface area (Å²) in [7, 11) is 0. The number of hydrogen-bond acceptors (Lipinski definition) is 2. The van der Waals surface area contributed by atoms with Gasteiger partial charge in [-0.05, 0) is 13.0 Å². The lowest BCUT2D eigenvalue weighted by Crippen LogP contribution is -2.53. The van der Waals surface area contributed by atoms with Gasteiger partial charge in [0, 0.05) is 25.6 Å². The van der Waals surface area contributed by atoms with Crippen LogP contribution in [0.1, 0.15) is 6.42 Å². The molecule has 0 spiro atoms. The fourth-order valence-corrected chi connectivity index (χ4v) is 1.97. The first kappa shape index (κ1) is 8.94. The van der Waals surface area contributed by atoms with Crippen molar-refractivity contribution >= 4 is 5.91 Å². The Balaban J connectivity index is 1.78.